The average molecular weight is 402 g/mol. The van der Waals surface area contributed by atoms with Gasteiger partial charge in [0.15, 0.2) is 11.5 Å². The molecule has 2 aromatic carbocycles. The van der Waals surface area contributed by atoms with Crippen LogP contribution in [-0.2, 0) is 17.9 Å². The molecule has 0 bridgehead atoms. The molecular formula is C23H31NO5. The van der Waals surface area contributed by atoms with Gasteiger partial charge in [-0.2, -0.15) is 0 Å². The molecule has 0 amide bonds. The quantitative estimate of drug-likeness (QED) is 0.634. The Morgan fingerprint density at radius 1 is 1.10 bits per heavy atom. The fourth-order valence-corrected chi connectivity index (χ4v) is 3.42. The molecule has 1 saturated heterocycles. The minimum absolute atomic E-state index is 0.328. The zero-order valence-corrected chi connectivity index (χ0v) is 17.4. The summed E-state index contributed by atoms with van der Waals surface area (Å²) in [6.45, 7) is 4.57. The van der Waals surface area contributed by atoms with Crippen LogP contribution in [0.25, 0.3) is 0 Å². The van der Waals surface area contributed by atoms with Crippen LogP contribution in [0.2, 0.25) is 0 Å². The van der Waals surface area contributed by atoms with Crippen molar-refractivity contribution in [3.8, 4) is 17.2 Å². The standard InChI is InChI=1S/C23H31NO5/c1-16(25)18-7-8-19(22(12-18)26-2)15-29-21-9-6-17(11-23(21)27-3)13-24-14-20-5-4-10-28-20/h6-9,11-12,16,20,24-25H,4-5,10,13-15H2,1-3H3/t16-,20-/m1/s1. The molecule has 0 unspecified atom stereocenters. The van der Waals surface area contributed by atoms with Crippen LogP contribution in [0.15, 0.2) is 36.4 Å². The molecule has 6 nitrogen and oxygen atoms in total. The van der Waals surface area contributed by atoms with Gasteiger partial charge in [0.1, 0.15) is 12.4 Å². The van der Waals surface area contributed by atoms with Gasteiger partial charge in [0.05, 0.1) is 26.4 Å². The maximum absolute atomic E-state index is 9.74. The monoisotopic (exact) mass is 401 g/mol. The molecule has 1 aliphatic heterocycles. The van der Waals surface area contributed by atoms with E-state index in [1.807, 2.05) is 36.4 Å². The van der Waals surface area contributed by atoms with E-state index in [4.69, 9.17) is 18.9 Å². The van der Waals surface area contributed by atoms with Gasteiger partial charge in [-0.05, 0) is 49.1 Å². The normalized spacial score (nSPS) is 17.2. The van der Waals surface area contributed by atoms with Crippen molar-refractivity contribution in [3.63, 3.8) is 0 Å². The number of hydrogen-bond donors (Lipinski definition) is 2. The molecule has 158 valence electrons. The number of rotatable bonds is 10. The summed E-state index contributed by atoms with van der Waals surface area (Å²) in [5.74, 6) is 2.07. The third-order valence-electron chi connectivity index (χ3n) is 5.13. The maximum atomic E-state index is 9.74. The SMILES string of the molecule is COc1cc([C@@H](C)O)ccc1COc1ccc(CNC[C@H]2CCCO2)cc1OC. The number of benzene rings is 2. The Kier molecular flexibility index (Phi) is 7.75. The summed E-state index contributed by atoms with van der Waals surface area (Å²) in [6, 6.07) is 11.6. The van der Waals surface area contributed by atoms with Crippen LogP contribution in [0.5, 0.6) is 17.2 Å². The summed E-state index contributed by atoms with van der Waals surface area (Å²) in [6.07, 6.45) is 2.07. The molecule has 0 spiro atoms. The van der Waals surface area contributed by atoms with Gasteiger partial charge in [-0.1, -0.05) is 18.2 Å². The summed E-state index contributed by atoms with van der Waals surface area (Å²) in [5, 5.41) is 13.2. The topological polar surface area (TPSA) is 69.2 Å². The van der Waals surface area contributed by atoms with Crippen molar-refractivity contribution in [2.75, 3.05) is 27.4 Å². The van der Waals surface area contributed by atoms with Crippen LogP contribution < -0.4 is 19.5 Å². The Balaban J connectivity index is 1.60. The molecule has 1 fully saturated rings. The number of nitrogens with one attached hydrogen (secondary N) is 1. The summed E-state index contributed by atoms with van der Waals surface area (Å²) in [5.41, 5.74) is 2.84. The van der Waals surface area contributed by atoms with E-state index in [2.05, 4.69) is 5.32 Å². The second kappa shape index (κ2) is 10.5. The lowest BCUT2D eigenvalue weighted by molar-refractivity contribution is 0.110. The molecule has 0 saturated carbocycles. The van der Waals surface area contributed by atoms with Crippen LogP contribution in [0.1, 0.15) is 42.6 Å². The van der Waals surface area contributed by atoms with Crippen molar-refractivity contribution in [2.24, 2.45) is 0 Å². The summed E-state index contributed by atoms with van der Waals surface area (Å²) in [7, 11) is 3.26. The first-order valence-electron chi connectivity index (χ1n) is 10.1. The van der Waals surface area contributed by atoms with Crippen molar-refractivity contribution >= 4 is 0 Å². The van der Waals surface area contributed by atoms with Gasteiger partial charge in [-0.15, -0.1) is 0 Å². The first-order valence-corrected chi connectivity index (χ1v) is 10.1. The minimum Gasteiger partial charge on any atom is -0.496 e. The van der Waals surface area contributed by atoms with Gasteiger partial charge in [0.25, 0.3) is 0 Å². The lowest BCUT2D eigenvalue weighted by Crippen LogP contribution is -2.25. The second-order valence-electron chi connectivity index (χ2n) is 7.29. The third-order valence-corrected chi connectivity index (χ3v) is 5.13. The molecular weight excluding hydrogens is 370 g/mol. The van der Waals surface area contributed by atoms with Crippen LogP contribution >= 0.6 is 0 Å². The Morgan fingerprint density at radius 2 is 1.93 bits per heavy atom. The van der Waals surface area contributed by atoms with E-state index < -0.39 is 6.10 Å². The van der Waals surface area contributed by atoms with Crippen molar-refractivity contribution < 1.29 is 24.1 Å². The van der Waals surface area contributed by atoms with Crippen molar-refractivity contribution in [1.82, 2.24) is 5.32 Å². The molecule has 6 heteroatoms. The van der Waals surface area contributed by atoms with Gasteiger partial charge in [0, 0.05) is 25.3 Å². The van der Waals surface area contributed by atoms with Gasteiger partial charge in [0.2, 0.25) is 0 Å². The molecule has 1 aliphatic rings. The highest BCUT2D eigenvalue weighted by Crippen LogP contribution is 2.31. The molecule has 0 aromatic heterocycles. The highest BCUT2D eigenvalue weighted by atomic mass is 16.5. The van der Waals surface area contributed by atoms with Crippen molar-refractivity contribution in [1.29, 1.82) is 0 Å². The number of aliphatic hydroxyl groups excluding tert-OH is 1. The minimum atomic E-state index is -0.541. The number of ether oxygens (including phenoxy) is 4. The zero-order chi connectivity index (χ0) is 20.6. The molecule has 3 rings (SSSR count). The highest BCUT2D eigenvalue weighted by molar-refractivity contribution is 5.44. The summed E-state index contributed by atoms with van der Waals surface area (Å²) < 4.78 is 22.6. The molecule has 2 aromatic rings. The molecule has 29 heavy (non-hydrogen) atoms. The maximum Gasteiger partial charge on any atom is 0.161 e. The van der Waals surface area contributed by atoms with E-state index in [-0.39, 0.29) is 0 Å². The largest absolute Gasteiger partial charge is 0.496 e. The molecule has 1 heterocycles. The van der Waals surface area contributed by atoms with Crippen molar-refractivity contribution in [3.05, 3.63) is 53.1 Å². The lowest BCUT2D eigenvalue weighted by Gasteiger charge is -2.16. The van der Waals surface area contributed by atoms with E-state index in [0.29, 0.717) is 30.0 Å². The summed E-state index contributed by atoms with van der Waals surface area (Å²) >= 11 is 0. The predicted octanol–water partition coefficient (Wildman–Crippen LogP) is 3.60. The lowest BCUT2D eigenvalue weighted by atomic mass is 10.1. The number of aliphatic hydroxyl groups is 1. The van der Waals surface area contributed by atoms with Crippen LogP contribution in [-0.4, -0.2) is 38.6 Å². The van der Waals surface area contributed by atoms with Crippen molar-refractivity contribution in [2.45, 2.75) is 45.1 Å². The predicted molar refractivity (Wildman–Crippen MR) is 112 cm³/mol. The first-order chi connectivity index (χ1) is 14.1. The van der Waals surface area contributed by atoms with E-state index in [0.717, 1.165) is 49.2 Å². The Morgan fingerprint density at radius 3 is 2.62 bits per heavy atom. The fourth-order valence-electron chi connectivity index (χ4n) is 3.42. The van der Waals surface area contributed by atoms with E-state index in [9.17, 15) is 5.11 Å². The first kappa shape index (κ1) is 21.4. The zero-order valence-electron chi connectivity index (χ0n) is 17.4. The van der Waals surface area contributed by atoms with E-state index >= 15 is 0 Å². The fraction of sp³-hybridized carbons (Fsp3) is 0.478. The Hall–Kier alpha value is -2.28. The van der Waals surface area contributed by atoms with Gasteiger partial charge >= 0.3 is 0 Å². The van der Waals surface area contributed by atoms with E-state index in [1.54, 1.807) is 21.1 Å². The number of hydrogen-bond acceptors (Lipinski definition) is 6. The van der Waals surface area contributed by atoms with Crippen LogP contribution in [0, 0.1) is 0 Å². The van der Waals surface area contributed by atoms with Crippen LogP contribution in [0.4, 0.5) is 0 Å². The number of methoxy groups -OCH3 is 2. The molecule has 2 atom stereocenters. The Labute approximate surface area is 172 Å². The summed E-state index contributed by atoms with van der Waals surface area (Å²) in [4.78, 5) is 0. The van der Waals surface area contributed by atoms with E-state index in [1.165, 1.54) is 0 Å². The van der Waals surface area contributed by atoms with Crippen LogP contribution in [0.3, 0.4) is 0 Å². The average Bonchev–Trinajstić information content (AvgIpc) is 3.26. The van der Waals surface area contributed by atoms with Gasteiger partial charge in [-0.25, -0.2) is 0 Å². The molecule has 2 N–H and O–H groups in total. The second-order valence-corrected chi connectivity index (χ2v) is 7.29. The molecule has 0 aliphatic carbocycles. The smallest absolute Gasteiger partial charge is 0.161 e. The third kappa shape index (κ3) is 5.85. The van der Waals surface area contributed by atoms with Gasteiger partial charge in [-0.3, -0.25) is 0 Å². The Bertz CT molecular complexity index is 787. The highest BCUT2D eigenvalue weighted by Gasteiger charge is 2.15. The van der Waals surface area contributed by atoms with Gasteiger partial charge < -0.3 is 29.4 Å². The molecule has 0 radical (unpaired) electrons.